The van der Waals surface area contributed by atoms with Crippen molar-refractivity contribution in [3.63, 3.8) is 0 Å². The van der Waals surface area contributed by atoms with Crippen LogP contribution in [-0.4, -0.2) is 61.2 Å². The fraction of sp³-hybridized carbons (Fsp3) is 0.500. The van der Waals surface area contributed by atoms with Crippen LogP contribution in [0.4, 0.5) is 0 Å². The zero-order chi connectivity index (χ0) is 22.3. The van der Waals surface area contributed by atoms with E-state index in [-0.39, 0.29) is 6.61 Å². The fourth-order valence-electron chi connectivity index (χ4n) is 2.92. The smallest absolute Gasteiger partial charge is 0.303 e. The molecule has 1 fully saturated rings. The van der Waals surface area contributed by atoms with E-state index in [4.69, 9.17) is 28.4 Å². The molecule has 0 bridgehead atoms. The molecule has 0 aromatic heterocycles. The molecular weight excluding hydrogens is 400 g/mol. The van der Waals surface area contributed by atoms with E-state index in [0.29, 0.717) is 5.75 Å². The maximum Gasteiger partial charge on any atom is 0.303 e. The number of ether oxygens (including phenoxy) is 6. The Bertz CT molecular complexity index is 762. The van der Waals surface area contributed by atoms with E-state index in [9.17, 15) is 19.2 Å². The first-order valence-corrected chi connectivity index (χ1v) is 9.19. The Morgan fingerprint density at radius 1 is 0.767 bits per heavy atom. The van der Waals surface area contributed by atoms with Crippen LogP contribution in [0.25, 0.3) is 0 Å². The molecule has 0 radical (unpaired) electrons. The molecule has 0 aliphatic carbocycles. The lowest BCUT2D eigenvalue weighted by molar-refractivity contribution is -0.288. The van der Waals surface area contributed by atoms with Crippen molar-refractivity contribution < 1.29 is 47.6 Å². The van der Waals surface area contributed by atoms with Gasteiger partial charge in [-0.25, -0.2) is 0 Å². The van der Waals surface area contributed by atoms with Gasteiger partial charge in [0.25, 0.3) is 0 Å². The highest BCUT2D eigenvalue weighted by Gasteiger charge is 2.53. The summed E-state index contributed by atoms with van der Waals surface area (Å²) in [7, 11) is 0. The standard InChI is InChI=1S/C20H24O10/c1-11(21)25-10-16-17(26-12(2)22)18(27-13(3)23)19(28-14(4)24)20(30-16)29-15-8-6-5-7-9-15/h5-9,16-20H,10H2,1-4H3/t16-,17-,18-,19-,20+/m0/s1. The van der Waals surface area contributed by atoms with Gasteiger partial charge in [0.2, 0.25) is 12.4 Å². The summed E-state index contributed by atoms with van der Waals surface area (Å²) in [6, 6.07) is 8.52. The Morgan fingerprint density at radius 2 is 1.30 bits per heavy atom. The average molecular weight is 424 g/mol. The van der Waals surface area contributed by atoms with Crippen molar-refractivity contribution in [2.75, 3.05) is 6.61 Å². The summed E-state index contributed by atoms with van der Waals surface area (Å²) in [5, 5.41) is 0. The summed E-state index contributed by atoms with van der Waals surface area (Å²) in [5.41, 5.74) is 0. The largest absolute Gasteiger partial charge is 0.463 e. The predicted molar refractivity (Wildman–Crippen MR) is 99.0 cm³/mol. The Balaban J connectivity index is 2.42. The molecule has 1 aromatic rings. The molecule has 1 saturated heterocycles. The number of para-hydroxylation sites is 1. The van der Waals surface area contributed by atoms with E-state index < -0.39 is 54.6 Å². The van der Waals surface area contributed by atoms with Crippen molar-refractivity contribution in [1.29, 1.82) is 0 Å². The van der Waals surface area contributed by atoms with Crippen LogP contribution >= 0.6 is 0 Å². The maximum absolute atomic E-state index is 11.7. The molecule has 5 atom stereocenters. The molecule has 0 spiro atoms. The van der Waals surface area contributed by atoms with Crippen LogP contribution in [0.5, 0.6) is 5.75 Å². The van der Waals surface area contributed by atoms with Crippen molar-refractivity contribution in [2.45, 2.75) is 58.4 Å². The minimum atomic E-state index is -1.27. The molecule has 0 unspecified atom stereocenters. The quantitative estimate of drug-likeness (QED) is 0.465. The van der Waals surface area contributed by atoms with E-state index in [2.05, 4.69) is 0 Å². The van der Waals surface area contributed by atoms with Crippen LogP contribution in [0.3, 0.4) is 0 Å². The van der Waals surface area contributed by atoms with E-state index in [1.165, 1.54) is 6.92 Å². The third kappa shape index (κ3) is 6.73. The first-order valence-electron chi connectivity index (χ1n) is 9.19. The van der Waals surface area contributed by atoms with E-state index in [1.54, 1.807) is 30.3 Å². The number of carbonyl (C=O) groups excluding carboxylic acids is 4. The second-order valence-corrected chi connectivity index (χ2v) is 6.50. The van der Waals surface area contributed by atoms with Crippen LogP contribution in [0, 0.1) is 0 Å². The summed E-state index contributed by atoms with van der Waals surface area (Å²) < 4.78 is 32.6. The summed E-state index contributed by atoms with van der Waals surface area (Å²) in [6.45, 7) is 4.36. The van der Waals surface area contributed by atoms with Crippen molar-refractivity contribution in [3.05, 3.63) is 30.3 Å². The predicted octanol–water partition coefficient (Wildman–Crippen LogP) is 1.15. The SMILES string of the molecule is CC(=O)OC[C@@H]1O[C@@H](Oc2ccccc2)[C@@H](OC(C)=O)[C@@H](OC(C)=O)[C@H]1OC(C)=O. The lowest BCUT2D eigenvalue weighted by Gasteiger charge is -2.43. The summed E-state index contributed by atoms with van der Waals surface area (Å²) in [5.74, 6) is -2.30. The highest BCUT2D eigenvalue weighted by molar-refractivity contribution is 5.68. The Hall–Kier alpha value is -3.14. The van der Waals surface area contributed by atoms with Crippen molar-refractivity contribution in [1.82, 2.24) is 0 Å². The number of carbonyl (C=O) groups is 4. The second-order valence-electron chi connectivity index (χ2n) is 6.50. The first kappa shape index (κ1) is 23.1. The second kappa shape index (κ2) is 10.6. The van der Waals surface area contributed by atoms with Crippen molar-refractivity contribution in [2.24, 2.45) is 0 Å². The fourth-order valence-corrected chi connectivity index (χ4v) is 2.92. The van der Waals surface area contributed by atoms with Gasteiger partial charge in [-0.2, -0.15) is 0 Å². The Morgan fingerprint density at radius 3 is 1.83 bits per heavy atom. The molecule has 30 heavy (non-hydrogen) atoms. The molecular formula is C20H24O10. The van der Waals surface area contributed by atoms with Gasteiger partial charge in [-0.1, -0.05) is 18.2 Å². The van der Waals surface area contributed by atoms with Crippen LogP contribution < -0.4 is 4.74 Å². The van der Waals surface area contributed by atoms with Gasteiger partial charge in [-0.15, -0.1) is 0 Å². The zero-order valence-corrected chi connectivity index (χ0v) is 17.1. The molecule has 0 saturated carbocycles. The molecule has 1 aromatic carbocycles. The lowest BCUT2D eigenvalue weighted by atomic mass is 9.98. The lowest BCUT2D eigenvalue weighted by Crippen LogP contribution is -2.63. The van der Waals surface area contributed by atoms with E-state index in [0.717, 1.165) is 20.8 Å². The highest BCUT2D eigenvalue weighted by atomic mass is 16.7. The van der Waals surface area contributed by atoms with Crippen molar-refractivity contribution >= 4 is 23.9 Å². The first-order chi connectivity index (χ1) is 14.2. The van der Waals surface area contributed by atoms with Gasteiger partial charge in [0.05, 0.1) is 0 Å². The van der Waals surface area contributed by atoms with E-state index in [1.807, 2.05) is 0 Å². The highest BCUT2D eigenvalue weighted by Crippen LogP contribution is 2.30. The van der Waals surface area contributed by atoms with Crippen molar-refractivity contribution in [3.8, 4) is 5.75 Å². The normalized spacial score (nSPS) is 25.5. The summed E-state index contributed by atoms with van der Waals surface area (Å²) >= 11 is 0. The summed E-state index contributed by atoms with van der Waals surface area (Å²) in [4.78, 5) is 46.4. The molecule has 10 nitrogen and oxygen atoms in total. The van der Waals surface area contributed by atoms with E-state index >= 15 is 0 Å². The average Bonchev–Trinajstić information content (AvgIpc) is 2.64. The number of hydrogen-bond acceptors (Lipinski definition) is 10. The van der Waals surface area contributed by atoms with Crippen LogP contribution in [0.1, 0.15) is 27.7 Å². The summed E-state index contributed by atoms with van der Waals surface area (Å²) in [6.07, 6.45) is -6.04. The minimum Gasteiger partial charge on any atom is -0.463 e. The third-order valence-electron chi connectivity index (χ3n) is 3.94. The Kier molecular flexibility index (Phi) is 8.16. The minimum absolute atomic E-state index is 0.313. The molecule has 10 heteroatoms. The molecule has 0 N–H and O–H groups in total. The molecule has 1 aliphatic heterocycles. The Labute approximate surface area is 173 Å². The third-order valence-corrected chi connectivity index (χ3v) is 3.94. The van der Waals surface area contributed by atoms with Crippen LogP contribution in [-0.2, 0) is 42.9 Å². The molecule has 1 heterocycles. The van der Waals surface area contributed by atoms with Gasteiger partial charge in [-0.05, 0) is 12.1 Å². The van der Waals surface area contributed by atoms with Crippen LogP contribution in [0.15, 0.2) is 30.3 Å². The number of hydrogen-bond donors (Lipinski definition) is 0. The monoisotopic (exact) mass is 424 g/mol. The number of benzene rings is 1. The maximum atomic E-state index is 11.7. The van der Waals surface area contributed by atoms with Gasteiger partial charge in [0.1, 0.15) is 18.5 Å². The topological polar surface area (TPSA) is 124 Å². The molecule has 1 aliphatic rings. The zero-order valence-electron chi connectivity index (χ0n) is 17.1. The number of rotatable bonds is 7. The molecule has 164 valence electrons. The van der Waals surface area contributed by atoms with Crippen LogP contribution in [0.2, 0.25) is 0 Å². The van der Waals surface area contributed by atoms with Gasteiger partial charge in [0.15, 0.2) is 12.2 Å². The van der Waals surface area contributed by atoms with Gasteiger partial charge >= 0.3 is 23.9 Å². The molecule has 0 amide bonds. The number of esters is 4. The van der Waals surface area contributed by atoms with Gasteiger partial charge in [0, 0.05) is 27.7 Å². The molecule has 2 rings (SSSR count). The van der Waals surface area contributed by atoms with Gasteiger partial charge < -0.3 is 28.4 Å². The van der Waals surface area contributed by atoms with Gasteiger partial charge in [-0.3, -0.25) is 19.2 Å².